The third kappa shape index (κ3) is 5.37. The molecule has 0 aromatic heterocycles. The Bertz CT molecular complexity index is 896. The van der Waals surface area contributed by atoms with Crippen LogP contribution in [-0.4, -0.2) is 99.0 Å². The molecular formula is C20H30N4O5S. The Morgan fingerprint density at radius 3 is 2.13 bits per heavy atom. The van der Waals surface area contributed by atoms with Gasteiger partial charge in [0.15, 0.2) is 0 Å². The molecule has 1 unspecified atom stereocenters. The molecule has 1 heterocycles. The van der Waals surface area contributed by atoms with Gasteiger partial charge in [-0.05, 0) is 24.1 Å². The fourth-order valence-electron chi connectivity index (χ4n) is 3.31. The van der Waals surface area contributed by atoms with E-state index >= 15 is 0 Å². The summed E-state index contributed by atoms with van der Waals surface area (Å²) in [4.78, 5) is 41.9. The van der Waals surface area contributed by atoms with Crippen molar-refractivity contribution in [1.82, 2.24) is 19.0 Å². The van der Waals surface area contributed by atoms with Crippen LogP contribution in [0, 0.1) is 0 Å². The van der Waals surface area contributed by atoms with Crippen LogP contribution in [0.5, 0.6) is 0 Å². The van der Waals surface area contributed by atoms with E-state index in [9.17, 15) is 22.8 Å². The standard InChI is InChI=1S/C20H30N4O5S/c1-15(25)23-12-13-24(18(14-23)20(27)21(2)3)19(26)11-8-16-6-9-17(10-7-16)30(28,29)22(4)5/h6-7,9-10,18H,8,11-14H2,1-5H3. The largest absolute Gasteiger partial charge is 0.347 e. The summed E-state index contributed by atoms with van der Waals surface area (Å²) >= 11 is 0. The first kappa shape index (κ1) is 23.8. The average Bonchev–Trinajstić information content (AvgIpc) is 2.70. The molecule has 1 aromatic carbocycles. The Morgan fingerprint density at radius 2 is 1.63 bits per heavy atom. The zero-order valence-corrected chi connectivity index (χ0v) is 19.0. The number of hydrogen-bond acceptors (Lipinski definition) is 5. The van der Waals surface area contributed by atoms with E-state index in [0.29, 0.717) is 19.5 Å². The van der Waals surface area contributed by atoms with Crippen LogP contribution < -0.4 is 0 Å². The highest BCUT2D eigenvalue weighted by atomic mass is 32.2. The summed E-state index contributed by atoms with van der Waals surface area (Å²) in [6.07, 6.45) is 0.619. The van der Waals surface area contributed by atoms with E-state index in [1.54, 1.807) is 36.0 Å². The van der Waals surface area contributed by atoms with Crippen LogP contribution in [0.3, 0.4) is 0 Å². The van der Waals surface area contributed by atoms with Gasteiger partial charge in [-0.2, -0.15) is 0 Å². The van der Waals surface area contributed by atoms with Gasteiger partial charge in [-0.25, -0.2) is 12.7 Å². The lowest BCUT2D eigenvalue weighted by atomic mass is 10.1. The molecule has 0 spiro atoms. The molecule has 1 atom stereocenters. The van der Waals surface area contributed by atoms with Crippen molar-refractivity contribution >= 4 is 27.7 Å². The lowest BCUT2D eigenvalue weighted by Gasteiger charge is -2.41. The van der Waals surface area contributed by atoms with Crippen molar-refractivity contribution in [1.29, 1.82) is 0 Å². The predicted molar refractivity (Wildman–Crippen MR) is 112 cm³/mol. The molecule has 0 aliphatic carbocycles. The minimum atomic E-state index is -3.50. The molecule has 1 aromatic rings. The van der Waals surface area contributed by atoms with E-state index in [2.05, 4.69) is 0 Å². The van der Waals surface area contributed by atoms with Crippen molar-refractivity contribution in [2.24, 2.45) is 0 Å². The molecule has 1 aliphatic heterocycles. The van der Waals surface area contributed by atoms with Crippen molar-refractivity contribution in [3.05, 3.63) is 29.8 Å². The molecular weight excluding hydrogens is 408 g/mol. The van der Waals surface area contributed by atoms with Gasteiger partial charge in [0.25, 0.3) is 0 Å². The minimum absolute atomic E-state index is 0.119. The first-order valence-electron chi connectivity index (χ1n) is 9.72. The zero-order valence-electron chi connectivity index (χ0n) is 18.2. The molecule has 0 N–H and O–H groups in total. The molecule has 30 heavy (non-hydrogen) atoms. The molecule has 1 aliphatic rings. The van der Waals surface area contributed by atoms with E-state index < -0.39 is 16.1 Å². The van der Waals surface area contributed by atoms with E-state index in [-0.39, 0.29) is 35.6 Å². The smallest absolute Gasteiger partial charge is 0.246 e. The van der Waals surface area contributed by atoms with Crippen molar-refractivity contribution in [3.63, 3.8) is 0 Å². The van der Waals surface area contributed by atoms with Crippen LogP contribution >= 0.6 is 0 Å². The number of nitrogens with zero attached hydrogens (tertiary/aromatic N) is 4. The normalized spacial score (nSPS) is 17.2. The minimum Gasteiger partial charge on any atom is -0.347 e. The third-order valence-corrected chi connectivity index (χ3v) is 7.03. The Hall–Kier alpha value is -2.46. The van der Waals surface area contributed by atoms with Gasteiger partial charge in [0, 0.05) is 54.6 Å². The highest BCUT2D eigenvalue weighted by Crippen LogP contribution is 2.17. The first-order chi connectivity index (χ1) is 13.9. The summed E-state index contributed by atoms with van der Waals surface area (Å²) in [5.74, 6) is -0.498. The second kappa shape index (κ2) is 9.57. The first-order valence-corrected chi connectivity index (χ1v) is 11.2. The quantitative estimate of drug-likeness (QED) is 0.624. The van der Waals surface area contributed by atoms with Crippen molar-refractivity contribution in [2.75, 3.05) is 47.8 Å². The number of carbonyl (C=O) groups excluding carboxylic acids is 3. The molecule has 0 radical (unpaired) electrons. The van der Waals surface area contributed by atoms with Crippen LogP contribution in [0.25, 0.3) is 0 Å². The van der Waals surface area contributed by atoms with Crippen molar-refractivity contribution in [2.45, 2.75) is 30.7 Å². The number of amides is 3. The molecule has 0 saturated carbocycles. The molecule has 166 valence electrons. The Balaban J connectivity index is 2.07. The highest BCUT2D eigenvalue weighted by Gasteiger charge is 2.36. The van der Waals surface area contributed by atoms with Crippen LogP contribution in [-0.2, 0) is 30.8 Å². The number of hydrogen-bond donors (Lipinski definition) is 0. The maximum absolute atomic E-state index is 12.9. The van der Waals surface area contributed by atoms with Gasteiger partial charge in [0.2, 0.25) is 27.7 Å². The lowest BCUT2D eigenvalue weighted by molar-refractivity contribution is -0.151. The Kier molecular flexibility index (Phi) is 7.59. The number of carbonyl (C=O) groups is 3. The van der Waals surface area contributed by atoms with Crippen molar-refractivity contribution in [3.8, 4) is 0 Å². The van der Waals surface area contributed by atoms with E-state index in [0.717, 1.165) is 9.87 Å². The predicted octanol–water partition coefficient (Wildman–Crippen LogP) is 0.0170. The Labute approximate surface area is 178 Å². The molecule has 1 fully saturated rings. The summed E-state index contributed by atoms with van der Waals surface area (Å²) in [7, 11) is 2.70. The third-order valence-electron chi connectivity index (χ3n) is 5.20. The van der Waals surface area contributed by atoms with Gasteiger partial charge in [0.1, 0.15) is 6.04 Å². The SMILES string of the molecule is CC(=O)N1CCN(C(=O)CCc2ccc(S(=O)(=O)N(C)C)cc2)C(C(=O)N(C)C)C1. The van der Waals surface area contributed by atoms with Gasteiger partial charge in [-0.15, -0.1) is 0 Å². The number of piperazine rings is 1. The number of rotatable bonds is 6. The summed E-state index contributed by atoms with van der Waals surface area (Å²) in [5.41, 5.74) is 0.832. The summed E-state index contributed by atoms with van der Waals surface area (Å²) < 4.78 is 25.4. The van der Waals surface area contributed by atoms with Gasteiger partial charge >= 0.3 is 0 Å². The lowest BCUT2D eigenvalue weighted by Crippen LogP contribution is -2.61. The molecule has 9 nitrogen and oxygen atoms in total. The molecule has 10 heteroatoms. The number of likely N-dealkylation sites (N-methyl/N-ethyl adjacent to an activating group) is 1. The highest BCUT2D eigenvalue weighted by molar-refractivity contribution is 7.89. The van der Waals surface area contributed by atoms with E-state index in [1.807, 2.05) is 0 Å². The molecule has 0 bridgehead atoms. The summed E-state index contributed by atoms with van der Waals surface area (Å²) in [6.45, 7) is 2.35. The van der Waals surface area contributed by atoms with E-state index in [4.69, 9.17) is 0 Å². The van der Waals surface area contributed by atoms with Crippen LogP contribution in [0.4, 0.5) is 0 Å². The molecule has 2 rings (SSSR count). The fourth-order valence-corrected chi connectivity index (χ4v) is 4.21. The van der Waals surface area contributed by atoms with Crippen LogP contribution in [0.2, 0.25) is 0 Å². The number of benzene rings is 1. The van der Waals surface area contributed by atoms with Gasteiger partial charge in [-0.3, -0.25) is 14.4 Å². The zero-order chi connectivity index (χ0) is 22.6. The topological polar surface area (TPSA) is 98.3 Å². The van der Waals surface area contributed by atoms with Crippen LogP contribution in [0.15, 0.2) is 29.2 Å². The second-order valence-electron chi connectivity index (χ2n) is 7.73. The average molecular weight is 439 g/mol. The van der Waals surface area contributed by atoms with Gasteiger partial charge < -0.3 is 14.7 Å². The van der Waals surface area contributed by atoms with Gasteiger partial charge in [-0.1, -0.05) is 12.1 Å². The monoisotopic (exact) mass is 438 g/mol. The van der Waals surface area contributed by atoms with E-state index in [1.165, 1.54) is 38.1 Å². The second-order valence-corrected chi connectivity index (χ2v) is 9.88. The maximum Gasteiger partial charge on any atom is 0.246 e. The molecule has 3 amide bonds. The summed E-state index contributed by atoms with van der Waals surface area (Å²) in [6, 6.07) is 5.75. The Morgan fingerprint density at radius 1 is 1.03 bits per heavy atom. The fraction of sp³-hybridized carbons (Fsp3) is 0.550. The maximum atomic E-state index is 12.9. The summed E-state index contributed by atoms with van der Waals surface area (Å²) in [5, 5.41) is 0. The number of aryl methyl sites for hydroxylation is 1. The molecule has 1 saturated heterocycles. The van der Waals surface area contributed by atoms with Crippen molar-refractivity contribution < 1.29 is 22.8 Å². The number of sulfonamides is 1. The van der Waals surface area contributed by atoms with Gasteiger partial charge in [0.05, 0.1) is 11.4 Å². The van der Waals surface area contributed by atoms with Crippen LogP contribution in [0.1, 0.15) is 18.9 Å².